The molecule has 0 heterocycles. The third-order valence-corrected chi connectivity index (χ3v) is 13.7. The SMILES string of the molecule is c1ccc2c(c1)-c1ccccc1C21c2ccccc2-c2ccc(N(c3cc4ccc5cccc6ccc(c3)c4c56)c3cc4ccc5cccc6ccc(c3)c4c56)cc21. The fraction of sp³-hybridized carbons (Fsp3) is 0.0175. The number of hydrogen-bond acceptors (Lipinski definition) is 1. The van der Waals surface area contributed by atoms with Crippen LogP contribution in [0.1, 0.15) is 22.3 Å². The van der Waals surface area contributed by atoms with Crippen LogP contribution in [0.2, 0.25) is 0 Å². The van der Waals surface area contributed by atoms with E-state index in [1.807, 2.05) is 0 Å². The molecular formula is C57H33N. The molecule has 0 fully saturated rings. The highest BCUT2D eigenvalue weighted by Gasteiger charge is 2.51. The molecule has 58 heavy (non-hydrogen) atoms. The summed E-state index contributed by atoms with van der Waals surface area (Å²) in [4.78, 5) is 2.52. The van der Waals surface area contributed by atoms with Gasteiger partial charge in [-0.2, -0.15) is 0 Å². The van der Waals surface area contributed by atoms with Crippen LogP contribution in [-0.4, -0.2) is 0 Å². The summed E-state index contributed by atoms with van der Waals surface area (Å²) in [6.07, 6.45) is 0. The Morgan fingerprint density at radius 2 is 0.586 bits per heavy atom. The predicted molar refractivity (Wildman–Crippen MR) is 245 cm³/mol. The van der Waals surface area contributed by atoms with Crippen LogP contribution in [0, 0.1) is 0 Å². The lowest BCUT2D eigenvalue weighted by Crippen LogP contribution is -2.26. The van der Waals surface area contributed by atoms with Gasteiger partial charge in [0, 0.05) is 17.1 Å². The van der Waals surface area contributed by atoms with Crippen molar-refractivity contribution in [3.63, 3.8) is 0 Å². The molecule has 0 N–H and O–H groups in total. The van der Waals surface area contributed by atoms with Crippen LogP contribution in [0.15, 0.2) is 200 Å². The number of nitrogens with zero attached hydrogens (tertiary/aromatic N) is 1. The Kier molecular flexibility index (Phi) is 5.76. The largest absolute Gasteiger partial charge is 0.310 e. The van der Waals surface area contributed by atoms with E-state index in [9.17, 15) is 0 Å². The standard InChI is InChI=1S/C57H33N/c1-4-16-49-45(13-1)46-14-2-5-17-50(46)57(49)51-18-6-3-15-47(51)48-28-27-42(33-52(48)57)58(43-29-38-23-19-34-9-7-10-35-20-24-39(30-43)55(38)53(34)35)44-31-40-25-21-36-11-8-12-37-22-26-41(32-44)56(40)54(36)37/h1-33H. The molecule has 0 aromatic heterocycles. The maximum Gasteiger partial charge on any atom is 0.0726 e. The zero-order valence-electron chi connectivity index (χ0n) is 31.5. The molecule has 1 spiro atoms. The van der Waals surface area contributed by atoms with Crippen molar-refractivity contribution in [2.45, 2.75) is 5.41 Å². The van der Waals surface area contributed by atoms with Crippen molar-refractivity contribution >= 4 is 81.7 Å². The second-order valence-corrected chi connectivity index (χ2v) is 16.4. The summed E-state index contributed by atoms with van der Waals surface area (Å²) in [5, 5.41) is 15.5. The Labute approximate surface area is 335 Å². The first kappa shape index (κ1) is 30.7. The van der Waals surface area contributed by atoms with Gasteiger partial charge in [-0.25, -0.2) is 0 Å². The zero-order chi connectivity index (χ0) is 37.7. The van der Waals surface area contributed by atoms with E-state index >= 15 is 0 Å². The molecule has 0 bridgehead atoms. The second-order valence-electron chi connectivity index (χ2n) is 16.4. The van der Waals surface area contributed by atoms with Gasteiger partial charge < -0.3 is 4.90 Å². The third-order valence-electron chi connectivity index (χ3n) is 13.7. The molecular weight excluding hydrogens is 699 g/mol. The maximum absolute atomic E-state index is 2.52. The van der Waals surface area contributed by atoms with Gasteiger partial charge in [0.1, 0.15) is 0 Å². The minimum absolute atomic E-state index is 0.429. The number of benzene rings is 12. The smallest absolute Gasteiger partial charge is 0.0726 e. The molecule has 1 heteroatoms. The summed E-state index contributed by atoms with van der Waals surface area (Å²) in [7, 11) is 0. The lowest BCUT2D eigenvalue weighted by Gasteiger charge is -2.32. The van der Waals surface area contributed by atoms with E-state index in [2.05, 4.69) is 205 Å². The highest BCUT2D eigenvalue weighted by atomic mass is 15.1. The molecule has 0 saturated heterocycles. The molecule has 14 rings (SSSR count). The van der Waals surface area contributed by atoms with E-state index in [4.69, 9.17) is 0 Å². The summed E-state index contributed by atoms with van der Waals surface area (Å²) >= 11 is 0. The van der Waals surface area contributed by atoms with Gasteiger partial charge >= 0.3 is 0 Å². The van der Waals surface area contributed by atoms with Crippen molar-refractivity contribution in [2.75, 3.05) is 4.90 Å². The Bertz CT molecular complexity index is 3360. The van der Waals surface area contributed by atoms with Gasteiger partial charge in [-0.05, 0) is 146 Å². The summed E-state index contributed by atoms with van der Waals surface area (Å²) in [5.74, 6) is 0. The highest BCUT2D eigenvalue weighted by Crippen LogP contribution is 2.63. The molecule has 0 atom stereocenters. The van der Waals surface area contributed by atoms with Gasteiger partial charge in [0.25, 0.3) is 0 Å². The zero-order valence-corrected chi connectivity index (χ0v) is 31.5. The van der Waals surface area contributed by atoms with Crippen LogP contribution in [-0.2, 0) is 5.41 Å². The van der Waals surface area contributed by atoms with Gasteiger partial charge in [0.15, 0.2) is 0 Å². The first-order chi connectivity index (χ1) is 28.7. The fourth-order valence-corrected chi connectivity index (χ4v) is 11.4. The summed E-state index contributed by atoms with van der Waals surface area (Å²) < 4.78 is 0. The molecule has 0 unspecified atom stereocenters. The summed E-state index contributed by atoms with van der Waals surface area (Å²) in [5.41, 5.74) is 13.7. The van der Waals surface area contributed by atoms with Crippen molar-refractivity contribution in [1.82, 2.24) is 0 Å². The minimum atomic E-state index is -0.429. The van der Waals surface area contributed by atoms with Gasteiger partial charge in [-0.15, -0.1) is 0 Å². The van der Waals surface area contributed by atoms with Crippen LogP contribution in [0.25, 0.3) is 86.9 Å². The van der Waals surface area contributed by atoms with Crippen molar-refractivity contribution in [1.29, 1.82) is 0 Å². The quantitative estimate of drug-likeness (QED) is 0.164. The Hall–Kier alpha value is -7.48. The first-order valence-corrected chi connectivity index (χ1v) is 20.3. The maximum atomic E-state index is 2.52. The molecule has 12 aromatic carbocycles. The molecule has 0 aliphatic heterocycles. The second kappa shape index (κ2) is 10.9. The Balaban J connectivity index is 1.08. The number of fused-ring (bicyclic) bond motifs is 10. The van der Waals surface area contributed by atoms with Gasteiger partial charge in [0.2, 0.25) is 0 Å². The molecule has 2 aliphatic carbocycles. The first-order valence-electron chi connectivity index (χ1n) is 20.3. The van der Waals surface area contributed by atoms with Gasteiger partial charge in [0.05, 0.1) is 5.41 Å². The minimum Gasteiger partial charge on any atom is -0.310 e. The molecule has 12 aromatic rings. The number of anilines is 3. The Morgan fingerprint density at radius 1 is 0.241 bits per heavy atom. The van der Waals surface area contributed by atoms with Gasteiger partial charge in [-0.1, -0.05) is 164 Å². The highest BCUT2D eigenvalue weighted by molar-refractivity contribution is 6.25. The summed E-state index contributed by atoms with van der Waals surface area (Å²) in [6.45, 7) is 0. The molecule has 266 valence electrons. The molecule has 0 radical (unpaired) electrons. The third kappa shape index (κ3) is 3.77. The van der Waals surface area contributed by atoms with E-state index in [-0.39, 0.29) is 0 Å². The van der Waals surface area contributed by atoms with Crippen molar-refractivity contribution < 1.29 is 0 Å². The lowest BCUT2D eigenvalue weighted by atomic mass is 9.70. The number of rotatable bonds is 3. The average molecular weight is 732 g/mol. The lowest BCUT2D eigenvalue weighted by molar-refractivity contribution is 0.793. The van der Waals surface area contributed by atoms with Crippen molar-refractivity contribution in [3.05, 3.63) is 222 Å². The summed E-state index contributed by atoms with van der Waals surface area (Å²) in [6, 6.07) is 75.9. The predicted octanol–water partition coefficient (Wildman–Crippen LogP) is 15.3. The average Bonchev–Trinajstić information content (AvgIpc) is 3.74. The van der Waals surface area contributed by atoms with Gasteiger partial charge in [-0.3, -0.25) is 0 Å². The van der Waals surface area contributed by atoms with E-state index in [0.717, 1.165) is 17.1 Å². The van der Waals surface area contributed by atoms with Crippen LogP contribution in [0.3, 0.4) is 0 Å². The van der Waals surface area contributed by atoms with Crippen LogP contribution in [0.5, 0.6) is 0 Å². The normalized spacial score (nSPS) is 13.7. The fourth-order valence-electron chi connectivity index (χ4n) is 11.4. The van der Waals surface area contributed by atoms with E-state index in [1.54, 1.807) is 0 Å². The number of hydrogen-bond donors (Lipinski definition) is 0. The monoisotopic (exact) mass is 731 g/mol. The van der Waals surface area contributed by atoms with Crippen molar-refractivity contribution in [2.24, 2.45) is 0 Å². The topological polar surface area (TPSA) is 3.24 Å². The van der Waals surface area contributed by atoms with E-state index in [1.165, 1.54) is 109 Å². The van der Waals surface area contributed by atoms with E-state index < -0.39 is 5.41 Å². The van der Waals surface area contributed by atoms with E-state index in [0.29, 0.717) is 0 Å². The molecule has 0 amide bonds. The van der Waals surface area contributed by atoms with Crippen molar-refractivity contribution in [3.8, 4) is 22.3 Å². The Morgan fingerprint density at radius 3 is 1.00 bits per heavy atom. The van der Waals surface area contributed by atoms with Crippen LogP contribution < -0.4 is 4.90 Å². The molecule has 2 aliphatic rings. The molecule has 0 saturated carbocycles. The van der Waals surface area contributed by atoms with Crippen LogP contribution in [0.4, 0.5) is 17.1 Å². The van der Waals surface area contributed by atoms with Crippen LogP contribution >= 0.6 is 0 Å². The molecule has 1 nitrogen and oxygen atoms in total.